The Balaban J connectivity index is 1.51. The molecule has 1 amide bonds. The molecule has 0 aromatic heterocycles. The number of nitrogens with zero attached hydrogens (tertiary/aromatic N) is 1. The van der Waals surface area contributed by atoms with Crippen molar-refractivity contribution in [1.29, 1.82) is 0 Å². The van der Waals surface area contributed by atoms with Gasteiger partial charge in [0.25, 0.3) is 5.91 Å². The fourth-order valence-electron chi connectivity index (χ4n) is 4.09. The van der Waals surface area contributed by atoms with E-state index in [1.165, 1.54) is 30.0 Å². The average molecular weight is 349 g/mol. The lowest BCUT2D eigenvalue weighted by molar-refractivity contribution is -0.0147. The third-order valence-electron chi connectivity index (χ3n) is 5.83. The Morgan fingerprint density at radius 1 is 1.25 bits per heavy atom. The third kappa shape index (κ3) is 2.59. The highest BCUT2D eigenvalue weighted by Crippen LogP contribution is 2.55. The van der Waals surface area contributed by atoms with Gasteiger partial charge in [0, 0.05) is 24.7 Å². The summed E-state index contributed by atoms with van der Waals surface area (Å²) >= 11 is 0. The first-order valence-corrected chi connectivity index (χ1v) is 10.1. The summed E-state index contributed by atoms with van der Waals surface area (Å²) in [4.78, 5) is 12.6. The number of carbonyl (C=O) groups is 1. The SMILES string of the molecule is O=C(NC1CCC12CCC2)c1cccc(N2CCCNS2(=O)=O)c1. The fourth-order valence-corrected chi connectivity index (χ4v) is 5.40. The van der Waals surface area contributed by atoms with Crippen molar-refractivity contribution in [2.45, 2.75) is 44.6 Å². The molecular weight excluding hydrogens is 326 g/mol. The van der Waals surface area contributed by atoms with Crippen LogP contribution in [0, 0.1) is 5.41 Å². The van der Waals surface area contributed by atoms with Crippen LogP contribution in [0.15, 0.2) is 24.3 Å². The highest BCUT2D eigenvalue weighted by molar-refractivity contribution is 7.90. The lowest BCUT2D eigenvalue weighted by Crippen LogP contribution is -2.58. The molecule has 1 saturated heterocycles. The predicted molar refractivity (Wildman–Crippen MR) is 92.1 cm³/mol. The van der Waals surface area contributed by atoms with Gasteiger partial charge in [0.2, 0.25) is 0 Å². The van der Waals surface area contributed by atoms with Gasteiger partial charge in [0.05, 0.1) is 5.69 Å². The van der Waals surface area contributed by atoms with E-state index >= 15 is 0 Å². The first kappa shape index (κ1) is 15.9. The van der Waals surface area contributed by atoms with Gasteiger partial charge in [0.15, 0.2) is 0 Å². The van der Waals surface area contributed by atoms with Gasteiger partial charge in [-0.3, -0.25) is 9.10 Å². The Morgan fingerprint density at radius 3 is 2.71 bits per heavy atom. The molecule has 2 N–H and O–H groups in total. The molecule has 3 fully saturated rings. The highest BCUT2D eigenvalue weighted by atomic mass is 32.2. The normalized spacial score (nSPS) is 27.2. The molecule has 7 heteroatoms. The van der Waals surface area contributed by atoms with E-state index in [-0.39, 0.29) is 11.9 Å². The zero-order valence-corrected chi connectivity index (χ0v) is 14.4. The topological polar surface area (TPSA) is 78.5 Å². The van der Waals surface area contributed by atoms with Crippen molar-refractivity contribution >= 4 is 21.8 Å². The first-order chi connectivity index (χ1) is 11.5. The Labute approximate surface area is 142 Å². The van der Waals surface area contributed by atoms with Gasteiger partial charge in [-0.05, 0) is 55.7 Å². The summed E-state index contributed by atoms with van der Waals surface area (Å²) in [6, 6.07) is 7.18. The Hall–Kier alpha value is -1.60. The predicted octanol–water partition coefficient (Wildman–Crippen LogP) is 1.79. The van der Waals surface area contributed by atoms with Crippen molar-refractivity contribution in [3.8, 4) is 0 Å². The second-order valence-electron chi connectivity index (χ2n) is 7.16. The molecule has 1 aromatic carbocycles. The third-order valence-corrected chi connectivity index (χ3v) is 7.38. The maximum Gasteiger partial charge on any atom is 0.301 e. The minimum Gasteiger partial charge on any atom is -0.349 e. The van der Waals surface area contributed by atoms with E-state index in [0.717, 1.165) is 12.8 Å². The van der Waals surface area contributed by atoms with Gasteiger partial charge in [-0.1, -0.05) is 12.5 Å². The van der Waals surface area contributed by atoms with Gasteiger partial charge in [0.1, 0.15) is 0 Å². The number of anilines is 1. The van der Waals surface area contributed by atoms with Crippen molar-refractivity contribution in [2.24, 2.45) is 5.41 Å². The van der Waals surface area contributed by atoms with Crippen LogP contribution < -0.4 is 14.3 Å². The van der Waals surface area contributed by atoms with E-state index in [1.807, 2.05) is 0 Å². The summed E-state index contributed by atoms with van der Waals surface area (Å²) < 4.78 is 28.2. The summed E-state index contributed by atoms with van der Waals surface area (Å²) in [5.41, 5.74) is 1.42. The standard InChI is InChI=1S/C17H23N3O3S/c21-16(19-15-6-9-17(15)7-2-8-17)13-4-1-5-14(12-13)20-11-3-10-18-24(20,22)23/h1,4-5,12,15,18H,2-3,6-11H2,(H,19,21). The van der Waals surface area contributed by atoms with Crippen molar-refractivity contribution in [3.63, 3.8) is 0 Å². The maximum atomic E-state index is 12.6. The Kier molecular flexibility index (Phi) is 3.80. The van der Waals surface area contributed by atoms with Gasteiger partial charge in [-0.25, -0.2) is 0 Å². The number of benzene rings is 1. The van der Waals surface area contributed by atoms with E-state index < -0.39 is 10.2 Å². The molecule has 1 unspecified atom stereocenters. The molecule has 4 rings (SSSR count). The fraction of sp³-hybridized carbons (Fsp3) is 0.588. The van der Waals surface area contributed by atoms with Gasteiger partial charge < -0.3 is 5.32 Å². The van der Waals surface area contributed by atoms with Crippen LogP contribution in [0.1, 0.15) is 48.9 Å². The number of amides is 1. The number of rotatable bonds is 3. The zero-order valence-electron chi connectivity index (χ0n) is 13.6. The van der Waals surface area contributed by atoms with Crippen LogP contribution in [0.2, 0.25) is 0 Å². The summed E-state index contributed by atoms with van der Waals surface area (Å²) in [5, 5.41) is 3.15. The van der Waals surface area contributed by atoms with E-state index in [9.17, 15) is 13.2 Å². The highest BCUT2D eigenvalue weighted by Gasteiger charge is 2.51. The van der Waals surface area contributed by atoms with Crippen LogP contribution in [0.25, 0.3) is 0 Å². The lowest BCUT2D eigenvalue weighted by Gasteiger charge is -2.56. The molecule has 1 heterocycles. The molecular formula is C17H23N3O3S. The van der Waals surface area contributed by atoms with E-state index in [0.29, 0.717) is 29.8 Å². The van der Waals surface area contributed by atoms with Gasteiger partial charge in [-0.2, -0.15) is 13.1 Å². The van der Waals surface area contributed by atoms with Crippen molar-refractivity contribution in [3.05, 3.63) is 29.8 Å². The molecule has 6 nitrogen and oxygen atoms in total. The smallest absolute Gasteiger partial charge is 0.301 e. The lowest BCUT2D eigenvalue weighted by atomic mass is 9.53. The van der Waals surface area contributed by atoms with Crippen LogP contribution in [0.5, 0.6) is 0 Å². The monoisotopic (exact) mass is 349 g/mol. The van der Waals surface area contributed by atoms with Crippen molar-refractivity contribution in [1.82, 2.24) is 10.0 Å². The van der Waals surface area contributed by atoms with Crippen molar-refractivity contribution in [2.75, 3.05) is 17.4 Å². The molecule has 1 spiro atoms. The molecule has 1 atom stereocenters. The number of hydrogen-bond donors (Lipinski definition) is 2. The number of hydrogen-bond acceptors (Lipinski definition) is 3. The molecule has 24 heavy (non-hydrogen) atoms. The molecule has 0 radical (unpaired) electrons. The number of carbonyl (C=O) groups excluding carboxylic acids is 1. The van der Waals surface area contributed by atoms with Crippen LogP contribution in [-0.2, 0) is 10.2 Å². The minimum absolute atomic E-state index is 0.102. The van der Waals surface area contributed by atoms with Gasteiger partial charge >= 0.3 is 10.2 Å². The average Bonchev–Trinajstić information content (AvgIpc) is 2.49. The summed E-state index contributed by atoms with van der Waals surface area (Å²) in [7, 11) is -3.50. The second-order valence-corrected chi connectivity index (χ2v) is 8.84. The first-order valence-electron chi connectivity index (χ1n) is 8.69. The second kappa shape index (κ2) is 5.74. The number of nitrogens with one attached hydrogen (secondary N) is 2. The van der Waals surface area contributed by atoms with Crippen LogP contribution >= 0.6 is 0 Å². The molecule has 130 valence electrons. The van der Waals surface area contributed by atoms with E-state index in [1.54, 1.807) is 24.3 Å². The molecule has 2 aliphatic carbocycles. The van der Waals surface area contributed by atoms with E-state index in [4.69, 9.17) is 0 Å². The molecule has 2 saturated carbocycles. The molecule has 1 aliphatic heterocycles. The van der Waals surface area contributed by atoms with Crippen LogP contribution in [0.3, 0.4) is 0 Å². The zero-order chi connectivity index (χ0) is 16.8. The largest absolute Gasteiger partial charge is 0.349 e. The van der Waals surface area contributed by atoms with Crippen molar-refractivity contribution < 1.29 is 13.2 Å². The van der Waals surface area contributed by atoms with Crippen LogP contribution in [0.4, 0.5) is 5.69 Å². The minimum atomic E-state index is -3.50. The van der Waals surface area contributed by atoms with Crippen LogP contribution in [-0.4, -0.2) is 33.5 Å². The molecule has 0 bridgehead atoms. The summed E-state index contributed by atoms with van der Waals surface area (Å²) in [5.74, 6) is -0.102. The summed E-state index contributed by atoms with van der Waals surface area (Å²) in [6.45, 7) is 0.898. The van der Waals surface area contributed by atoms with Gasteiger partial charge in [-0.15, -0.1) is 0 Å². The summed E-state index contributed by atoms with van der Waals surface area (Å²) in [6.07, 6.45) is 6.72. The quantitative estimate of drug-likeness (QED) is 0.873. The maximum absolute atomic E-state index is 12.6. The Bertz CT molecular complexity index is 753. The van der Waals surface area contributed by atoms with E-state index in [2.05, 4.69) is 10.0 Å². The Morgan fingerprint density at radius 2 is 2.08 bits per heavy atom. The molecule has 1 aromatic rings. The molecule has 3 aliphatic rings.